The highest BCUT2D eigenvalue weighted by Crippen LogP contribution is 2.29. The molecule has 2 nitrogen and oxygen atoms in total. The number of hydrogen-bond donors (Lipinski definition) is 2. The molecule has 19 heavy (non-hydrogen) atoms. The van der Waals surface area contributed by atoms with Crippen LogP contribution in [0.4, 0.5) is 4.39 Å². The molecule has 1 aliphatic rings. The molecular formula is C16H24FNO. The smallest absolute Gasteiger partial charge is 0.126 e. The Morgan fingerprint density at radius 1 is 1.26 bits per heavy atom. The summed E-state index contributed by atoms with van der Waals surface area (Å²) in [7, 11) is 0. The number of aliphatic hydroxyl groups is 1. The minimum Gasteiger partial charge on any atom is -0.396 e. The minimum atomic E-state index is -0.142. The lowest BCUT2D eigenvalue weighted by Gasteiger charge is -2.30. The Morgan fingerprint density at radius 3 is 2.68 bits per heavy atom. The summed E-state index contributed by atoms with van der Waals surface area (Å²) < 4.78 is 13.2. The van der Waals surface area contributed by atoms with Gasteiger partial charge >= 0.3 is 0 Å². The van der Waals surface area contributed by atoms with Gasteiger partial charge in [0.1, 0.15) is 5.82 Å². The van der Waals surface area contributed by atoms with Crippen LogP contribution in [0.5, 0.6) is 0 Å². The Bertz CT molecular complexity index is 408. The molecule has 2 atom stereocenters. The van der Waals surface area contributed by atoms with Crippen LogP contribution >= 0.6 is 0 Å². The van der Waals surface area contributed by atoms with Crippen molar-refractivity contribution in [1.29, 1.82) is 0 Å². The van der Waals surface area contributed by atoms with E-state index in [-0.39, 0.29) is 5.82 Å². The topological polar surface area (TPSA) is 32.3 Å². The number of hydrogen-bond acceptors (Lipinski definition) is 2. The van der Waals surface area contributed by atoms with Crippen LogP contribution in [0.1, 0.15) is 36.8 Å². The first kappa shape index (κ1) is 14.5. The van der Waals surface area contributed by atoms with Gasteiger partial charge in [0.05, 0.1) is 0 Å². The summed E-state index contributed by atoms with van der Waals surface area (Å²) in [6, 6.07) is 5.26. The van der Waals surface area contributed by atoms with Gasteiger partial charge in [-0.2, -0.15) is 0 Å². The number of halogens is 1. The molecule has 0 spiro atoms. The molecule has 1 fully saturated rings. The van der Waals surface area contributed by atoms with Crippen LogP contribution in [0.2, 0.25) is 0 Å². The van der Waals surface area contributed by atoms with Gasteiger partial charge in [-0.3, -0.25) is 0 Å². The van der Waals surface area contributed by atoms with E-state index in [1.807, 2.05) is 12.1 Å². The number of aliphatic hydroxyl groups excluding tert-OH is 1. The molecule has 0 aliphatic heterocycles. The molecule has 2 rings (SSSR count). The maximum Gasteiger partial charge on any atom is 0.126 e. The van der Waals surface area contributed by atoms with Gasteiger partial charge in [-0.1, -0.05) is 25.0 Å². The van der Waals surface area contributed by atoms with Crippen LogP contribution in [0, 0.1) is 24.6 Å². The number of rotatable bonds is 5. The summed E-state index contributed by atoms with van der Waals surface area (Å²) in [5.41, 5.74) is 1.82. The lowest BCUT2D eigenvalue weighted by Crippen LogP contribution is -2.32. The van der Waals surface area contributed by atoms with E-state index in [0.29, 0.717) is 24.0 Å². The van der Waals surface area contributed by atoms with Gasteiger partial charge in [0.15, 0.2) is 0 Å². The van der Waals surface area contributed by atoms with Crippen LogP contribution in [0.25, 0.3) is 0 Å². The van der Waals surface area contributed by atoms with Crippen molar-refractivity contribution < 1.29 is 9.50 Å². The van der Waals surface area contributed by atoms with E-state index in [2.05, 4.69) is 5.32 Å². The summed E-state index contributed by atoms with van der Waals surface area (Å²) >= 11 is 0. The zero-order valence-corrected chi connectivity index (χ0v) is 11.7. The molecule has 1 saturated carbocycles. The van der Waals surface area contributed by atoms with E-state index in [4.69, 9.17) is 0 Å². The van der Waals surface area contributed by atoms with Crippen LogP contribution in [-0.2, 0) is 6.54 Å². The molecule has 106 valence electrons. The zero-order chi connectivity index (χ0) is 13.7. The standard InChI is InChI=1S/C16H24FNO/c1-12-8-13(6-7-16(12)17)9-18-10-14-4-2-3-5-15(14)11-19/h6-8,14-15,18-19H,2-5,9-11H2,1H3. The summed E-state index contributed by atoms with van der Waals surface area (Å²) in [5, 5.41) is 12.8. The maximum absolute atomic E-state index is 13.2. The molecule has 0 radical (unpaired) electrons. The van der Waals surface area contributed by atoms with Gasteiger partial charge in [0.2, 0.25) is 0 Å². The van der Waals surface area contributed by atoms with Gasteiger partial charge in [-0.15, -0.1) is 0 Å². The predicted molar refractivity (Wildman–Crippen MR) is 75.4 cm³/mol. The molecule has 0 heterocycles. The molecule has 0 saturated heterocycles. The van der Waals surface area contributed by atoms with Crippen molar-refractivity contribution in [1.82, 2.24) is 5.32 Å². The highest BCUT2D eigenvalue weighted by Gasteiger charge is 2.23. The Labute approximate surface area is 115 Å². The van der Waals surface area contributed by atoms with E-state index in [9.17, 15) is 9.50 Å². The van der Waals surface area contributed by atoms with E-state index in [0.717, 1.165) is 25.1 Å². The average Bonchev–Trinajstić information content (AvgIpc) is 2.43. The van der Waals surface area contributed by atoms with E-state index in [1.54, 1.807) is 6.92 Å². The molecule has 1 aromatic carbocycles. The molecule has 0 amide bonds. The first-order valence-corrected chi connectivity index (χ1v) is 7.27. The quantitative estimate of drug-likeness (QED) is 0.857. The lowest BCUT2D eigenvalue weighted by atomic mass is 9.79. The van der Waals surface area contributed by atoms with Gasteiger partial charge in [0.25, 0.3) is 0 Å². The van der Waals surface area contributed by atoms with Crippen LogP contribution in [0.3, 0.4) is 0 Å². The Hall–Kier alpha value is -0.930. The molecular weight excluding hydrogens is 241 g/mol. The molecule has 2 N–H and O–H groups in total. The fourth-order valence-corrected chi connectivity index (χ4v) is 3.01. The highest BCUT2D eigenvalue weighted by molar-refractivity contribution is 5.23. The largest absolute Gasteiger partial charge is 0.396 e. The third-order valence-corrected chi connectivity index (χ3v) is 4.26. The fourth-order valence-electron chi connectivity index (χ4n) is 3.01. The van der Waals surface area contributed by atoms with Crippen molar-refractivity contribution in [2.45, 2.75) is 39.2 Å². The SMILES string of the molecule is Cc1cc(CNCC2CCCCC2CO)ccc1F. The average molecular weight is 265 g/mol. The number of nitrogens with one attached hydrogen (secondary N) is 1. The molecule has 3 heteroatoms. The molecule has 1 aromatic rings. The molecule has 2 unspecified atom stereocenters. The van der Waals surface area contributed by atoms with Crippen molar-refractivity contribution in [2.24, 2.45) is 11.8 Å². The molecule has 1 aliphatic carbocycles. The first-order chi connectivity index (χ1) is 9.20. The zero-order valence-electron chi connectivity index (χ0n) is 11.7. The Morgan fingerprint density at radius 2 is 2.00 bits per heavy atom. The second-order valence-electron chi connectivity index (χ2n) is 5.70. The van der Waals surface area contributed by atoms with E-state index in [1.165, 1.54) is 25.3 Å². The second kappa shape index (κ2) is 7.01. The Kier molecular flexibility index (Phi) is 5.34. The van der Waals surface area contributed by atoms with Crippen LogP contribution in [0.15, 0.2) is 18.2 Å². The molecule has 0 aromatic heterocycles. The Balaban J connectivity index is 1.80. The monoisotopic (exact) mass is 265 g/mol. The van der Waals surface area contributed by atoms with Gasteiger partial charge in [-0.05, 0) is 55.3 Å². The second-order valence-corrected chi connectivity index (χ2v) is 5.70. The van der Waals surface area contributed by atoms with Gasteiger partial charge < -0.3 is 10.4 Å². The van der Waals surface area contributed by atoms with Crippen molar-refractivity contribution in [2.75, 3.05) is 13.2 Å². The molecule has 0 bridgehead atoms. The van der Waals surface area contributed by atoms with Crippen molar-refractivity contribution >= 4 is 0 Å². The van der Waals surface area contributed by atoms with Crippen molar-refractivity contribution in [3.05, 3.63) is 35.1 Å². The highest BCUT2D eigenvalue weighted by atomic mass is 19.1. The van der Waals surface area contributed by atoms with E-state index < -0.39 is 0 Å². The van der Waals surface area contributed by atoms with Crippen molar-refractivity contribution in [3.63, 3.8) is 0 Å². The normalized spacial score (nSPS) is 23.5. The van der Waals surface area contributed by atoms with Crippen LogP contribution < -0.4 is 5.32 Å². The fraction of sp³-hybridized carbons (Fsp3) is 0.625. The lowest BCUT2D eigenvalue weighted by molar-refractivity contribution is 0.133. The van der Waals surface area contributed by atoms with Gasteiger partial charge in [-0.25, -0.2) is 4.39 Å². The summed E-state index contributed by atoms with van der Waals surface area (Å²) in [6.45, 7) is 3.82. The van der Waals surface area contributed by atoms with Crippen LogP contribution in [-0.4, -0.2) is 18.3 Å². The van der Waals surface area contributed by atoms with E-state index >= 15 is 0 Å². The van der Waals surface area contributed by atoms with Crippen molar-refractivity contribution in [3.8, 4) is 0 Å². The third kappa shape index (κ3) is 4.02. The predicted octanol–water partition coefficient (Wildman–Crippen LogP) is 3.02. The number of benzene rings is 1. The first-order valence-electron chi connectivity index (χ1n) is 7.27. The third-order valence-electron chi connectivity index (χ3n) is 4.26. The number of aryl methyl sites for hydroxylation is 1. The minimum absolute atomic E-state index is 0.142. The maximum atomic E-state index is 13.2. The van der Waals surface area contributed by atoms with Gasteiger partial charge in [0, 0.05) is 13.2 Å². The summed E-state index contributed by atoms with van der Waals surface area (Å²) in [6.07, 6.45) is 4.89. The summed E-state index contributed by atoms with van der Waals surface area (Å²) in [5.74, 6) is 0.896. The summed E-state index contributed by atoms with van der Waals surface area (Å²) in [4.78, 5) is 0.